The van der Waals surface area contributed by atoms with Crippen LogP contribution in [-0.2, 0) is 13.1 Å². The predicted octanol–water partition coefficient (Wildman–Crippen LogP) is 1.17. The van der Waals surface area contributed by atoms with Crippen LogP contribution in [-0.4, -0.2) is 7.11 Å². The first-order valence-corrected chi connectivity index (χ1v) is 4.15. The van der Waals surface area contributed by atoms with Gasteiger partial charge in [-0.15, -0.1) is 0 Å². The van der Waals surface area contributed by atoms with Gasteiger partial charge in [-0.1, -0.05) is 0 Å². The third kappa shape index (κ3) is 1.25. The van der Waals surface area contributed by atoms with Gasteiger partial charge in [0.2, 0.25) is 0 Å². The Hall–Kier alpha value is -1.53. The van der Waals surface area contributed by atoms with Crippen LogP contribution >= 0.6 is 0 Å². The number of ether oxygens (including phenoxy) is 1. The minimum atomic E-state index is 0.616. The van der Waals surface area contributed by atoms with E-state index in [1.54, 1.807) is 7.11 Å². The normalized spacial score (nSPS) is 13.5. The molecule has 0 amide bonds. The maximum absolute atomic E-state index is 8.83. The number of nitrogens with zero attached hydrogens (tertiary/aromatic N) is 1. The summed E-state index contributed by atoms with van der Waals surface area (Å²) < 4.78 is 5.11. The molecule has 3 nitrogen and oxygen atoms in total. The molecule has 0 saturated heterocycles. The molecule has 0 bridgehead atoms. The standard InChI is InChI=1S/C10H10N2O/c1-13-10-3-9-6-12-5-8(9)2-7(10)4-11/h2-3,12H,5-6H2,1H3. The summed E-state index contributed by atoms with van der Waals surface area (Å²) in [5, 5.41) is 12.1. The predicted molar refractivity (Wildman–Crippen MR) is 48.3 cm³/mol. The van der Waals surface area contributed by atoms with E-state index in [0.717, 1.165) is 13.1 Å². The van der Waals surface area contributed by atoms with Crippen molar-refractivity contribution in [2.45, 2.75) is 13.1 Å². The molecule has 0 aliphatic carbocycles. The Labute approximate surface area is 76.9 Å². The van der Waals surface area contributed by atoms with Crippen molar-refractivity contribution in [1.29, 1.82) is 5.26 Å². The van der Waals surface area contributed by atoms with Crippen molar-refractivity contribution in [1.82, 2.24) is 5.32 Å². The number of methoxy groups -OCH3 is 1. The molecule has 0 fully saturated rings. The van der Waals surface area contributed by atoms with Crippen molar-refractivity contribution >= 4 is 0 Å². The van der Waals surface area contributed by atoms with E-state index in [0.29, 0.717) is 11.3 Å². The molecule has 1 aliphatic heterocycles. The molecule has 0 saturated carbocycles. The first-order valence-electron chi connectivity index (χ1n) is 4.15. The van der Waals surface area contributed by atoms with E-state index in [1.807, 2.05) is 12.1 Å². The van der Waals surface area contributed by atoms with E-state index in [-0.39, 0.29) is 0 Å². The van der Waals surface area contributed by atoms with Crippen LogP contribution in [0.5, 0.6) is 5.75 Å². The molecule has 0 radical (unpaired) electrons. The van der Waals surface area contributed by atoms with Crippen LogP contribution in [0, 0.1) is 11.3 Å². The van der Waals surface area contributed by atoms with Gasteiger partial charge in [0.05, 0.1) is 12.7 Å². The van der Waals surface area contributed by atoms with Crippen molar-refractivity contribution in [3.8, 4) is 11.8 Å². The minimum Gasteiger partial charge on any atom is -0.495 e. The minimum absolute atomic E-state index is 0.616. The smallest absolute Gasteiger partial charge is 0.136 e. The Bertz CT molecular complexity index is 379. The summed E-state index contributed by atoms with van der Waals surface area (Å²) >= 11 is 0. The van der Waals surface area contributed by atoms with Gasteiger partial charge < -0.3 is 10.1 Å². The molecule has 0 aromatic heterocycles. The third-order valence-electron chi connectivity index (χ3n) is 2.27. The molecule has 0 unspecified atom stereocenters. The molecule has 3 heteroatoms. The molecule has 1 N–H and O–H groups in total. The van der Waals surface area contributed by atoms with E-state index in [2.05, 4.69) is 11.4 Å². The molecular formula is C10H10N2O. The van der Waals surface area contributed by atoms with Gasteiger partial charge in [-0.3, -0.25) is 0 Å². The maximum atomic E-state index is 8.83. The van der Waals surface area contributed by atoms with Gasteiger partial charge in [0, 0.05) is 13.1 Å². The number of nitriles is 1. The Balaban J connectivity index is 2.55. The second-order valence-corrected chi connectivity index (χ2v) is 3.04. The molecule has 1 aromatic carbocycles. The topological polar surface area (TPSA) is 45.0 Å². The van der Waals surface area contributed by atoms with Gasteiger partial charge in [0.15, 0.2) is 0 Å². The summed E-state index contributed by atoms with van der Waals surface area (Å²) in [7, 11) is 1.59. The molecule has 1 aliphatic rings. The van der Waals surface area contributed by atoms with Gasteiger partial charge in [0.1, 0.15) is 11.8 Å². The third-order valence-corrected chi connectivity index (χ3v) is 2.27. The molecule has 1 aromatic rings. The molecule has 0 atom stereocenters. The number of hydrogen-bond acceptors (Lipinski definition) is 3. The Morgan fingerprint density at radius 1 is 1.38 bits per heavy atom. The first kappa shape index (κ1) is 8.09. The number of nitrogens with one attached hydrogen (secondary N) is 1. The van der Waals surface area contributed by atoms with E-state index in [9.17, 15) is 0 Å². The van der Waals surface area contributed by atoms with E-state index in [4.69, 9.17) is 10.00 Å². The SMILES string of the molecule is COc1cc2c(cc1C#N)CNC2. The fourth-order valence-electron chi connectivity index (χ4n) is 1.58. The number of fused-ring (bicyclic) bond motifs is 1. The molecule has 0 spiro atoms. The maximum Gasteiger partial charge on any atom is 0.136 e. The summed E-state index contributed by atoms with van der Waals surface area (Å²) in [4.78, 5) is 0. The lowest BCUT2D eigenvalue weighted by Crippen LogP contribution is -1.99. The highest BCUT2D eigenvalue weighted by Crippen LogP contribution is 2.25. The summed E-state index contributed by atoms with van der Waals surface area (Å²) in [6.45, 7) is 1.73. The van der Waals surface area contributed by atoms with Gasteiger partial charge in [0.25, 0.3) is 0 Å². The van der Waals surface area contributed by atoms with E-state index < -0.39 is 0 Å². The first-order chi connectivity index (χ1) is 6.35. The average molecular weight is 174 g/mol. The molecule has 66 valence electrons. The van der Waals surface area contributed by atoms with E-state index >= 15 is 0 Å². The van der Waals surface area contributed by atoms with Crippen LogP contribution in [0.15, 0.2) is 12.1 Å². The zero-order chi connectivity index (χ0) is 9.26. The summed E-state index contributed by atoms with van der Waals surface area (Å²) in [6, 6.07) is 5.96. The molecule has 2 rings (SSSR count). The monoisotopic (exact) mass is 174 g/mol. The number of hydrogen-bond donors (Lipinski definition) is 1. The van der Waals surface area contributed by atoms with Crippen molar-refractivity contribution in [3.63, 3.8) is 0 Å². The Morgan fingerprint density at radius 2 is 2.08 bits per heavy atom. The van der Waals surface area contributed by atoms with Crippen molar-refractivity contribution in [3.05, 3.63) is 28.8 Å². The Kier molecular flexibility index (Phi) is 1.91. The summed E-state index contributed by atoms with van der Waals surface area (Å²) in [5.74, 6) is 0.671. The summed E-state index contributed by atoms with van der Waals surface area (Å²) in [6.07, 6.45) is 0. The zero-order valence-corrected chi connectivity index (χ0v) is 7.42. The molecular weight excluding hydrogens is 164 g/mol. The van der Waals surface area contributed by atoms with Crippen LogP contribution in [0.4, 0.5) is 0 Å². The highest BCUT2D eigenvalue weighted by Gasteiger charge is 2.13. The van der Waals surface area contributed by atoms with Crippen LogP contribution in [0.25, 0.3) is 0 Å². The van der Waals surface area contributed by atoms with E-state index in [1.165, 1.54) is 11.1 Å². The Morgan fingerprint density at radius 3 is 2.69 bits per heavy atom. The van der Waals surface area contributed by atoms with Crippen molar-refractivity contribution in [2.75, 3.05) is 7.11 Å². The quantitative estimate of drug-likeness (QED) is 0.695. The zero-order valence-electron chi connectivity index (χ0n) is 7.42. The second kappa shape index (κ2) is 3.08. The lowest BCUT2D eigenvalue weighted by Gasteiger charge is -2.04. The lowest BCUT2D eigenvalue weighted by atomic mass is 10.1. The van der Waals surface area contributed by atoms with Crippen LogP contribution in [0.3, 0.4) is 0 Å². The second-order valence-electron chi connectivity index (χ2n) is 3.04. The van der Waals surface area contributed by atoms with Gasteiger partial charge in [-0.05, 0) is 23.3 Å². The molecule has 13 heavy (non-hydrogen) atoms. The average Bonchev–Trinajstić information content (AvgIpc) is 2.62. The largest absolute Gasteiger partial charge is 0.495 e. The van der Waals surface area contributed by atoms with Crippen LogP contribution in [0.1, 0.15) is 16.7 Å². The number of benzene rings is 1. The highest BCUT2D eigenvalue weighted by molar-refractivity contribution is 5.50. The van der Waals surface area contributed by atoms with Crippen LogP contribution in [0.2, 0.25) is 0 Å². The van der Waals surface area contributed by atoms with Gasteiger partial charge in [-0.2, -0.15) is 5.26 Å². The van der Waals surface area contributed by atoms with Crippen molar-refractivity contribution in [2.24, 2.45) is 0 Å². The fraction of sp³-hybridized carbons (Fsp3) is 0.300. The molecule has 1 heterocycles. The highest BCUT2D eigenvalue weighted by atomic mass is 16.5. The van der Waals surface area contributed by atoms with Crippen molar-refractivity contribution < 1.29 is 4.74 Å². The number of rotatable bonds is 1. The van der Waals surface area contributed by atoms with Gasteiger partial charge in [-0.25, -0.2) is 0 Å². The lowest BCUT2D eigenvalue weighted by molar-refractivity contribution is 0.413. The van der Waals surface area contributed by atoms with Crippen LogP contribution < -0.4 is 10.1 Å². The van der Waals surface area contributed by atoms with Gasteiger partial charge >= 0.3 is 0 Å². The summed E-state index contributed by atoms with van der Waals surface area (Å²) in [5.41, 5.74) is 3.05. The fourth-order valence-corrected chi connectivity index (χ4v) is 1.58.